The highest BCUT2D eigenvalue weighted by Gasteiger charge is 2.37. The van der Waals surface area contributed by atoms with E-state index in [2.05, 4.69) is 9.82 Å². The van der Waals surface area contributed by atoms with Gasteiger partial charge in [0.1, 0.15) is 5.82 Å². The third-order valence-electron chi connectivity index (χ3n) is 4.70. The Morgan fingerprint density at radius 3 is 2.62 bits per heavy atom. The fraction of sp³-hybridized carbons (Fsp3) is 0.444. The van der Waals surface area contributed by atoms with Crippen molar-refractivity contribution in [2.75, 3.05) is 18.0 Å². The number of rotatable bonds is 5. The number of aryl methyl sites for hydroxylation is 1. The summed E-state index contributed by atoms with van der Waals surface area (Å²) in [5, 5.41) is 4.25. The third-order valence-corrected chi connectivity index (χ3v) is 6.28. The predicted octanol–water partition coefficient (Wildman–Crippen LogP) is 2.23. The molecule has 11 heteroatoms. The molecule has 0 amide bonds. The molecule has 2 aromatic rings. The van der Waals surface area contributed by atoms with Gasteiger partial charge >= 0.3 is 6.18 Å². The van der Waals surface area contributed by atoms with Crippen LogP contribution in [0.5, 0.6) is 0 Å². The molecule has 1 fully saturated rings. The summed E-state index contributed by atoms with van der Waals surface area (Å²) in [6.07, 6.45) is -3.67. The van der Waals surface area contributed by atoms with Crippen LogP contribution in [0.4, 0.5) is 19.0 Å². The Labute approximate surface area is 166 Å². The van der Waals surface area contributed by atoms with Gasteiger partial charge in [0, 0.05) is 31.7 Å². The van der Waals surface area contributed by atoms with Crippen LogP contribution in [-0.4, -0.2) is 37.3 Å². The number of alkyl halides is 3. The monoisotopic (exact) mass is 430 g/mol. The number of hydrogen-bond donors (Lipinski definition) is 1. The summed E-state index contributed by atoms with van der Waals surface area (Å²) < 4.78 is 68.6. The number of aromatic nitrogens is 2. The van der Waals surface area contributed by atoms with Gasteiger partial charge in [0.2, 0.25) is 10.0 Å². The van der Waals surface area contributed by atoms with Crippen LogP contribution in [-0.2, 0) is 22.7 Å². The van der Waals surface area contributed by atoms with E-state index in [1.165, 1.54) is 16.8 Å². The molecule has 1 unspecified atom stereocenters. The van der Waals surface area contributed by atoms with Gasteiger partial charge in [-0.2, -0.15) is 18.3 Å². The van der Waals surface area contributed by atoms with Crippen molar-refractivity contribution < 1.29 is 21.6 Å². The minimum absolute atomic E-state index is 0.238. The number of halogens is 3. The van der Waals surface area contributed by atoms with Gasteiger partial charge in [-0.05, 0) is 38.0 Å². The Morgan fingerprint density at radius 2 is 1.93 bits per heavy atom. The van der Waals surface area contributed by atoms with Crippen LogP contribution >= 0.6 is 0 Å². The van der Waals surface area contributed by atoms with Crippen molar-refractivity contribution in [1.82, 2.24) is 14.5 Å². The van der Waals surface area contributed by atoms with Gasteiger partial charge in [0.05, 0.1) is 10.5 Å². The maximum absolute atomic E-state index is 13.2. The Hall–Kier alpha value is -2.40. The van der Waals surface area contributed by atoms with Crippen LogP contribution in [0.25, 0.3) is 0 Å². The van der Waals surface area contributed by atoms with Crippen molar-refractivity contribution in [3.63, 3.8) is 0 Å². The van der Waals surface area contributed by atoms with E-state index >= 15 is 0 Å². The van der Waals surface area contributed by atoms with Crippen molar-refractivity contribution in [2.24, 2.45) is 0 Å². The summed E-state index contributed by atoms with van der Waals surface area (Å²) in [5.41, 5.74) is -1.44. The maximum atomic E-state index is 13.2. The van der Waals surface area contributed by atoms with Crippen LogP contribution in [0.1, 0.15) is 25.3 Å². The molecule has 0 bridgehead atoms. The summed E-state index contributed by atoms with van der Waals surface area (Å²) in [7, 11) is -4.37. The Balaban J connectivity index is 1.81. The van der Waals surface area contributed by atoms with Gasteiger partial charge in [0.15, 0.2) is 0 Å². The SMILES string of the molecule is CCn1nc(N2CCCC(NS(=O)(=O)c3ccccc3C(F)(F)F)C2)ccc1=O. The van der Waals surface area contributed by atoms with Crippen molar-refractivity contribution in [3.8, 4) is 0 Å². The fourth-order valence-corrected chi connectivity index (χ4v) is 4.82. The van der Waals surface area contributed by atoms with Crippen LogP contribution < -0.4 is 15.2 Å². The van der Waals surface area contributed by atoms with Gasteiger partial charge in [-0.1, -0.05) is 12.1 Å². The first-order valence-electron chi connectivity index (χ1n) is 9.13. The molecule has 1 aliphatic rings. The molecule has 29 heavy (non-hydrogen) atoms. The lowest BCUT2D eigenvalue weighted by Gasteiger charge is -2.34. The highest BCUT2D eigenvalue weighted by molar-refractivity contribution is 7.89. The summed E-state index contributed by atoms with van der Waals surface area (Å²) in [5.74, 6) is 0.519. The van der Waals surface area contributed by atoms with Crippen LogP contribution in [0.2, 0.25) is 0 Å². The number of sulfonamides is 1. The maximum Gasteiger partial charge on any atom is 0.417 e. The molecule has 2 heterocycles. The van der Waals surface area contributed by atoms with E-state index in [0.717, 1.165) is 18.2 Å². The molecule has 1 aromatic carbocycles. The standard InChI is InChI=1S/C18H21F3N4O3S/c1-2-25-17(26)10-9-16(22-25)24-11-5-6-13(12-24)23-29(27,28)15-8-4-3-7-14(15)18(19,20)21/h3-4,7-10,13,23H,2,5-6,11-12H2,1H3. The summed E-state index contributed by atoms with van der Waals surface area (Å²) in [6.45, 7) is 3.02. The number of nitrogens with zero attached hydrogens (tertiary/aromatic N) is 3. The number of nitrogens with one attached hydrogen (secondary N) is 1. The van der Waals surface area contributed by atoms with E-state index in [1.807, 2.05) is 4.90 Å². The molecule has 1 aromatic heterocycles. The van der Waals surface area contributed by atoms with Crippen LogP contribution in [0.3, 0.4) is 0 Å². The second kappa shape index (κ2) is 8.15. The summed E-state index contributed by atoms with van der Waals surface area (Å²) >= 11 is 0. The first-order valence-corrected chi connectivity index (χ1v) is 10.6. The molecule has 0 saturated carbocycles. The summed E-state index contributed by atoms with van der Waals surface area (Å²) in [4.78, 5) is 12.7. The first kappa shape index (κ1) is 21.3. The number of hydrogen-bond acceptors (Lipinski definition) is 5. The molecule has 1 N–H and O–H groups in total. The zero-order valence-electron chi connectivity index (χ0n) is 15.7. The van der Waals surface area contributed by atoms with Crippen molar-refractivity contribution in [1.29, 1.82) is 0 Å². The van der Waals surface area contributed by atoms with Crippen molar-refractivity contribution >= 4 is 15.8 Å². The number of benzene rings is 1. The van der Waals surface area contributed by atoms with Gasteiger partial charge in [0.25, 0.3) is 5.56 Å². The molecule has 0 aliphatic carbocycles. The van der Waals surface area contributed by atoms with E-state index < -0.39 is 32.7 Å². The lowest BCUT2D eigenvalue weighted by atomic mass is 10.1. The van der Waals surface area contributed by atoms with Gasteiger partial charge in [-0.25, -0.2) is 17.8 Å². The smallest absolute Gasteiger partial charge is 0.354 e. The minimum atomic E-state index is -4.78. The zero-order valence-corrected chi connectivity index (χ0v) is 16.5. The molecule has 1 aliphatic heterocycles. The fourth-order valence-electron chi connectivity index (χ4n) is 3.33. The molecule has 0 radical (unpaired) electrons. The lowest BCUT2D eigenvalue weighted by Crippen LogP contribution is -2.48. The van der Waals surface area contributed by atoms with Crippen molar-refractivity contribution in [3.05, 3.63) is 52.3 Å². The first-order chi connectivity index (χ1) is 13.6. The number of piperidine rings is 1. The third kappa shape index (κ3) is 4.78. The summed E-state index contributed by atoms with van der Waals surface area (Å²) in [6, 6.07) is 6.47. The van der Waals surface area contributed by atoms with E-state index in [1.54, 1.807) is 13.0 Å². The largest absolute Gasteiger partial charge is 0.417 e. The van der Waals surface area contributed by atoms with E-state index in [-0.39, 0.29) is 12.1 Å². The normalized spacial score (nSPS) is 18.1. The molecule has 0 spiro atoms. The predicted molar refractivity (Wildman–Crippen MR) is 101 cm³/mol. The van der Waals surface area contributed by atoms with Crippen LogP contribution in [0, 0.1) is 0 Å². The average molecular weight is 430 g/mol. The molecular formula is C18H21F3N4O3S. The Morgan fingerprint density at radius 1 is 1.21 bits per heavy atom. The quantitative estimate of drug-likeness (QED) is 0.787. The van der Waals surface area contributed by atoms with Gasteiger partial charge in [-0.3, -0.25) is 4.79 Å². The lowest BCUT2D eigenvalue weighted by molar-refractivity contribution is -0.139. The Bertz CT molecular complexity index is 1040. The average Bonchev–Trinajstić information content (AvgIpc) is 2.67. The Kier molecular flexibility index (Phi) is 5.99. The molecule has 3 rings (SSSR count). The zero-order chi connectivity index (χ0) is 21.2. The minimum Gasteiger partial charge on any atom is -0.354 e. The van der Waals surface area contributed by atoms with Gasteiger partial charge < -0.3 is 4.90 Å². The van der Waals surface area contributed by atoms with Crippen LogP contribution in [0.15, 0.2) is 46.1 Å². The second-order valence-electron chi connectivity index (χ2n) is 6.75. The molecule has 1 atom stereocenters. The highest BCUT2D eigenvalue weighted by atomic mass is 32.2. The topological polar surface area (TPSA) is 84.3 Å². The number of anilines is 1. The highest BCUT2D eigenvalue weighted by Crippen LogP contribution is 2.34. The molecule has 7 nitrogen and oxygen atoms in total. The van der Waals surface area contributed by atoms with Gasteiger partial charge in [-0.15, -0.1) is 0 Å². The second-order valence-corrected chi connectivity index (χ2v) is 8.43. The van der Waals surface area contributed by atoms with E-state index in [9.17, 15) is 26.4 Å². The molecule has 158 valence electrons. The van der Waals surface area contributed by atoms with E-state index in [4.69, 9.17) is 0 Å². The molecule has 1 saturated heterocycles. The van der Waals surface area contributed by atoms with Crippen molar-refractivity contribution in [2.45, 2.75) is 43.4 Å². The van der Waals surface area contributed by atoms with E-state index in [0.29, 0.717) is 31.7 Å². The molecular weight excluding hydrogens is 409 g/mol.